The van der Waals surface area contributed by atoms with Crippen molar-refractivity contribution in [2.45, 2.75) is 0 Å². The Labute approximate surface area is 111 Å². The predicted octanol–water partition coefficient (Wildman–Crippen LogP) is 1.93. The lowest BCUT2D eigenvalue weighted by atomic mass is 10.2. The highest BCUT2D eigenvalue weighted by molar-refractivity contribution is 9.10. The van der Waals surface area contributed by atoms with Crippen LogP contribution in [-0.4, -0.2) is 25.2 Å². The number of amides is 2. The highest BCUT2D eigenvalue weighted by Gasteiger charge is 2.07. The van der Waals surface area contributed by atoms with E-state index in [0.717, 1.165) is 0 Å². The molecule has 0 spiro atoms. The highest BCUT2D eigenvalue weighted by atomic mass is 79.9. The van der Waals surface area contributed by atoms with E-state index in [-0.39, 0.29) is 19.1 Å². The second-order valence-electron chi connectivity index (χ2n) is 3.05. The fourth-order valence-electron chi connectivity index (χ4n) is 1.06. The second-order valence-corrected chi connectivity index (χ2v) is 4.31. The fourth-order valence-corrected chi connectivity index (χ4v) is 1.55. The zero-order valence-electron chi connectivity index (χ0n) is 8.70. The summed E-state index contributed by atoms with van der Waals surface area (Å²) < 4.78 is 5.10. The average molecular weight is 322 g/mol. The highest BCUT2D eigenvalue weighted by Crippen LogP contribution is 2.23. The first-order chi connectivity index (χ1) is 8.00. The molecule has 0 aromatic heterocycles. The van der Waals surface area contributed by atoms with Crippen LogP contribution >= 0.6 is 27.5 Å². The van der Waals surface area contributed by atoms with Gasteiger partial charge in [0.15, 0.2) is 0 Å². The van der Waals surface area contributed by atoms with E-state index < -0.39 is 6.09 Å². The van der Waals surface area contributed by atoms with Crippen LogP contribution in [0.3, 0.4) is 0 Å². The Morgan fingerprint density at radius 1 is 1.47 bits per heavy atom. The van der Waals surface area contributed by atoms with E-state index in [0.29, 0.717) is 15.1 Å². The SMILES string of the molecule is NC(=O)OCCNC(=O)c1ccc(Cl)c(Br)c1. The lowest BCUT2D eigenvalue weighted by Gasteiger charge is -2.06. The molecule has 0 aliphatic rings. The fraction of sp³-hybridized carbons (Fsp3) is 0.200. The Hall–Kier alpha value is -1.27. The van der Waals surface area contributed by atoms with Crippen LogP contribution in [0.5, 0.6) is 0 Å². The average Bonchev–Trinajstić information content (AvgIpc) is 2.27. The summed E-state index contributed by atoms with van der Waals surface area (Å²) in [5.41, 5.74) is 5.22. The van der Waals surface area contributed by atoms with Gasteiger partial charge in [-0.3, -0.25) is 4.79 Å². The Morgan fingerprint density at radius 2 is 2.18 bits per heavy atom. The number of halogens is 2. The first-order valence-corrected chi connectivity index (χ1v) is 5.83. The van der Waals surface area contributed by atoms with Gasteiger partial charge in [-0.05, 0) is 34.1 Å². The Bertz CT molecular complexity index is 440. The van der Waals surface area contributed by atoms with Gasteiger partial charge in [0.05, 0.1) is 11.6 Å². The van der Waals surface area contributed by atoms with Crippen molar-refractivity contribution in [2.24, 2.45) is 5.73 Å². The van der Waals surface area contributed by atoms with Crippen molar-refractivity contribution in [3.05, 3.63) is 33.3 Å². The summed E-state index contributed by atoms with van der Waals surface area (Å²) in [6, 6.07) is 4.81. The number of hydrogen-bond donors (Lipinski definition) is 2. The molecule has 0 unspecified atom stereocenters. The van der Waals surface area contributed by atoms with E-state index in [9.17, 15) is 9.59 Å². The molecule has 0 saturated carbocycles. The molecule has 0 aliphatic carbocycles. The Balaban J connectivity index is 2.47. The molecule has 0 atom stereocenters. The third-order valence-electron chi connectivity index (χ3n) is 1.81. The Morgan fingerprint density at radius 3 is 2.76 bits per heavy atom. The molecule has 0 aliphatic heterocycles. The van der Waals surface area contributed by atoms with E-state index in [1.807, 2.05) is 0 Å². The van der Waals surface area contributed by atoms with Crippen molar-refractivity contribution in [1.29, 1.82) is 0 Å². The van der Waals surface area contributed by atoms with Crippen LogP contribution in [0, 0.1) is 0 Å². The summed E-state index contributed by atoms with van der Waals surface area (Å²) in [5, 5.41) is 3.09. The summed E-state index contributed by atoms with van der Waals surface area (Å²) in [7, 11) is 0. The largest absolute Gasteiger partial charge is 0.448 e. The number of primary amides is 1. The zero-order valence-corrected chi connectivity index (χ0v) is 11.0. The van der Waals surface area contributed by atoms with Crippen molar-refractivity contribution in [2.75, 3.05) is 13.2 Å². The van der Waals surface area contributed by atoms with E-state index in [4.69, 9.17) is 17.3 Å². The first kappa shape index (κ1) is 13.8. The molecule has 0 bridgehead atoms. The minimum absolute atomic E-state index is 0.0375. The van der Waals surface area contributed by atoms with Gasteiger partial charge in [-0.2, -0.15) is 0 Å². The number of benzene rings is 1. The van der Waals surface area contributed by atoms with Gasteiger partial charge in [0.25, 0.3) is 5.91 Å². The summed E-state index contributed by atoms with van der Waals surface area (Å²) >= 11 is 9.01. The lowest BCUT2D eigenvalue weighted by Crippen LogP contribution is -2.29. The minimum atomic E-state index is -0.867. The molecule has 0 radical (unpaired) electrons. The monoisotopic (exact) mass is 320 g/mol. The van der Waals surface area contributed by atoms with Crippen LogP contribution in [0.15, 0.2) is 22.7 Å². The summed E-state index contributed by atoms with van der Waals surface area (Å²) in [5.74, 6) is -0.282. The molecule has 2 amide bonds. The maximum atomic E-state index is 11.6. The molecule has 0 heterocycles. The first-order valence-electron chi connectivity index (χ1n) is 4.66. The van der Waals surface area contributed by atoms with Gasteiger partial charge in [-0.1, -0.05) is 11.6 Å². The van der Waals surface area contributed by atoms with Gasteiger partial charge in [-0.25, -0.2) is 4.79 Å². The van der Waals surface area contributed by atoms with Crippen molar-refractivity contribution in [3.63, 3.8) is 0 Å². The molecule has 5 nitrogen and oxygen atoms in total. The molecule has 1 aromatic carbocycles. The minimum Gasteiger partial charge on any atom is -0.448 e. The number of carbonyl (C=O) groups is 2. The number of rotatable bonds is 4. The number of ether oxygens (including phenoxy) is 1. The smallest absolute Gasteiger partial charge is 0.404 e. The van der Waals surface area contributed by atoms with Crippen LogP contribution in [0.2, 0.25) is 5.02 Å². The molecular weight excluding hydrogens is 311 g/mol. The number of nitrogens with two attached hydrogens (primary N) is 1. The summed E-state index contributed by atoms with van der Waals surface area (Å²) in [6.45, 7) is 0.234. The molecule has 92 valence electrons. The molecule has 1 rings (SSSR count). The lowest BCUT2D eigenvalue weighted by molar-refractivity contribution is 0.0937. The molecule has 3 N–H and O–H groups in total. The van der Waals surface area contributed by atoms with Crippen LogP contribution in [0.25, 0.3) is 0 Å². The number of hydrogen-bond acceptors (Lipinski definition) is 3. The standard InChI is InChI=1S/C10H10BrClN2O3/c11-7-5-6(1-2-8(7)12)9(15)14-3-4-17-10(13)16/h1-2,5H,3-4H2,(H2,13,16)(H,14,15). The van der Waals surface area contributed by atoms with E-state index in [2.05, 4.69) is 26.0 Å². The van der Waals surface area contributed by atoms with Gasteiger partial charge in [0, 0.05) is 10.0 Å². The third-order valence-corrected chi connectivity index (χ3v) is 3.03. The van der Waals surface area contributed by atoms with Gasteiger partial charge >= 0.3 is 6.09 Å². The quantitative estimate of drug-likeness (QED) is 0.831. The normalized spacial score (nSPS) is 9.76. The van der Waals surface area contributed by atoms with E-state index in [1.54, 1.807) is 18.2 Å². The van der Waals surface area contributed by atoms with Crippen molar-refractivity contribution >= 4 is 39.5 Å². The van der Waals surface area contributed by atoms with Gasteiger partial charge in [0.2, 0.25) is 0 Å². The van der Waals surface area contributed by atoms with Crippen molar-refractivity contribution in [1.82, 2.24) is 5.32 Å². The molecule has 0 fully saturated rings. The predicted molar refractivity (Wildman–Crippen MR) is 67.0 cm³/mol. The zero-order chi connectivity index (χ0) is 12.8. The topological polar surface area (TPSA) is 81.4 Å². The number of nitrogens with one attached hydrogen (secondary N) is 1. The van der Waals surface area contributed by atoms with Crippen LogP contribution < -0.4 is 11.1 Å². The summed E-state index contributed by atoms with van der Waals surface area (Å²) in [6.07, 6.45) is -0.867. The molecule has 17 heavy (non-hydrogen) atoms. The summed E-state index contributed by atoms with van der Waals surface area (Å²) in [4.78, 5) is 21.9. The molecule has 0 saturated heterocycles. The van der Waals surface area contributed by atoms with Crippen LogP contribution in [-0.2, 0) is 4.74 Å². The molecule has 1 aromatic rings. The molecule has 7 heteroatoms. The maximum absolute atomic E-state index is 11.6. The third kappa shape index (κ3) is 4.62. The van der Waals surface area contributed by atoms with Crippen LogP contribution in [0.1, 0.15) is 10.4 Å². The number of carbonyl (C=O) groups excluding carboxylic acids is 2. The van der Waals surface area contributed by atoms with Crippen molar-refractivity contribution in [3.8, 4) is 0 Å². The van der Waals surface area contributed by atoms with E-state index >= 15 is 0 Å². The van der Waals surface area contributed by atoms with Gasteiger partial charge in [-0.15, -0.1) is 0 Å². The molecular formula is C10H10BrClN2O3. The van der Waals surface area contributed by atoms with Gasteiger partial charge in [0.1, 0.15) is 6.61 Å². The maximum Gasteiger partial charge on any atom is 0.404 e. The van der Waals surface area contributed by atoms with E-state index in [1.165, 1.54) is 0 Å². The van der Waals surface area contributed by atoms with Crippen molar-refractivity contribution < 1.29 is 14.3 Å². The van der Waals surface area contributed by atoms with Gasteiger partial charge < -0.3 is 15.8 Å². The second kappa shape index (κ2) is 6.46. The Kier molecular flexibility index (Phi) is 5.24. The van der Waals surface area contributed by atoms with Crippen LogP contribution in [0.4, 0.5) is 4.79 Å².